The van der Waals surface area contributed by atoms with E-state index in [1.54, 1.807) is 6.07 Å². The number of nitrogens with one attached hydrogen (secondary N) is 1. The van der Waals surface area contributed by atoms with Crippen molar-refractivity contribution in [3.63, 3.8) is 0 Å². The van der Waals surface area contributed by atoms with Crippen molar-refractivity contribution >= 4 is 12.4 Å². The van der Waals surface area contributed by atoms with Crippen LogP contribution in [0.25, 0.3) is 0 Å². The summed E-state index contributed by atoms with van der Waals surface area (Å²) in [4.78, 5) is 0. The maximum absolute atomic E-state index is 12.9. The van der Waals surface area contributed by atoms with Gasteiger partial charge in [-0.25, -0.2) is 0 Å². The normalized spacial score (nSPS) is 25.0. The first-order chi connectivity index (χ1) is 11.5. The van der Waals surface area contributed by atoms with Crippen molar-refractivity contribution in [1.82, 2.24) is 5.32 Å². The summed E-state index contributed by atoms with van der Waals surface area (Å²) in [6.45, 7) is 0.862. The molecule has 1 aliphatic heterocycles. The third-order valence-corrected chi connectivity index (χ3v) is 5.55. The van der Waals surface area contributed by atoms with Crippen LogP contribution in [0.1, 0.15) is 34.6 Å². The largest absolute Gasteiger partial charge is 0.416 e. The molecule has 0 spiro atoms. The minimum Gasteiger partial charge on any atom is -0.313 e. The molecule has 0 saturated carbocycles. The molecular formula is C20H21ClF3N. The second-order valence-corrected chi connectivity index (χ2v) is 6.92. The van der Waals surface area contributed by atoms with E-state index in [9.17, 15) is 13.2 Å². The van der Waals surface area contributed by atoms with Gasteiger partial charge in [-0.15, -0.1) is 12.4 Å². The number of fused-ring (bicyclic) bond motifs is 3. The van der Waals surface area contributed by atoms with Crippen molar-refractivity contribution in [2.75, 3.05) is 6.54 Å². The maximum atomic E-state index is 12.9. The highest BCUT2D eigenvalue weighted by Gasteiger charge is 2.40. The lowest BCUT2D eigenvalue weighted by Gasteiger charge is -2.31. The third kappa shape index (κ3) is 3.56. The van der Waals surface area contributed by atoms with Crippen LogP contribution in [0.15, 0.2) is 48.5 Å². The highest BCUT2D eigenvalue weighted by atomic mass is 35.5. The van der Waals surface area contributed by atoms with E-state index in [2.05, 4.69) is 29.6 Å². The third-order valence-electron chi connectivity index (χ3n) is 5.55. The highest BCUT2D eigenvalue weighted by molar-refractivity contribution is 5.85. The molecule has 1 aliphatic carbocycles. The smallest absolute Gasteiger partial charge is 0.313 e. The van der Waals surface area contributed by atoms with Gasteiger partial charge in [-0.3, -0.25) is 0 Å². The quantitative estimate of drug-likeness (QED) is 0.788. The number of aryl methyl sites for hydroxylation is 1. The lowest BCUT2D eigenvalue weighted by molar-refractivity contribution is -0.137. The summed E-state index contributed by atoms with van der Waals surface area (Å²) in [6, 6.07) is 15.1. The molecule has 2 aromatic carbocycles. The fraction of sp³-hybridized carbons (Fsp3) is 0.400. The molecule has 25 heavy (non-hydrogen) atoms. The van der Waals surface area contributed by atoms with E-state index in [-0.39, 0.29) is 12.4 Å². The summed E-state index contributed by atoms with van der Waals surface area (Å²) < 4.78 is 38.8. The summed E-state index contributed by atoms with van der Waals surface area (Å²) in [5.41, 5.74) is 2.79. The molecule has 2 aromatic rings. The predicted molar refractivity (Wildman–Crippen MR) is 95.2 cm³/mol. The van der Waals surface area contributed by atoms with Crippen molar-refractivity contribution in [3.05, 3.63) is 70.8 Å². The van der Waals surface area contributed by atoms with Gasteiger partial charge in [0.05, 0.1) is 5.56 Å². The molecule has 3 atom stereocenters. The molecular weight excluding hydrogens is 347 g/mol. The maximum Gasteiger partial charge on any atom is 0.416 e. The first-order valence-electron chi connectivity index (χ1n) is 8.50. The summed E-state index contributed by atoms with van der Waals surface area (Å²) in [7, 11) is 0. The Hall–Kier alpha value is -1.52. The molecule has 1 N–H and O–H groups in total. The molecule has 0 amide bonds. The van der Waals surface area contributed by atoms with Crippen LogP contribution in [-0.2, 0) is 19.0 Å². The van der Waals surface area contributed by atoms with Crippen LogP contribution >= 0.6 is 12.4 Å². The van der Waals surface area contributed by atoms with E-state index < -0.39 is 11.7 Å². The Balaban J connectivity index is 0.00000182. The molecule has 4 rings (SSSR count). The average molecular weight is 368 g/mol. The van der Waals surface area contributed by atoms with Gasteiger partial charge in [0, 0.05) is 18.5 Å². The van der Waals surface area contributed by atoms with Crippen molar-refractivity contribution < 1.29 is 13.2 Å². The number of hydrogen-bond acceptors (Lipinski definition) is 1. The second kappa shape index (κ2) is 7.00. The van der Waals surface area contributed by atoms with Crippen molar-refractivity contribution in [2.24, 2.45) is 5.92 Å². The summed E-state index contributed by atoms with van der Waals surface area (Å²) in [5, 5.41) is 3.61. The van der Waals surface area contributed by atoms with E-state index >= 15 is 0 Å². The summed E-state index contributed by atoms with van der Waals surface area (Å²) >= 11 is 0. The molecule has 0 aromatic heterocycles. The van der Waals surface area contributed by atoms with Crippen molar-refractivity contribution in [1.29, 1.82) is 0 Å². The van der Waals surface area contributed by atoms with Gasteiger partial charge in [0.2, 0.25) is 0 Å². The first-order valence-corrected chi connectivity index (χ1v) is 8.50. The van der Waals surface area contributed by atoms with Gasteiger partial charge in [-0.1, -0.05) is 36.4 Å². The van der Waals surface area contributed by atoms with Gasteiger partial charge in [0.1, 0.15) is 0 Å². The zero-order valence-corrected chi connectivity index (χ0v) is 14.5. The topological polar surface area (TPSA) is 12.0 Å². The lowest BCUT2D eigenvalue weighted by Crippen LogP contribution is -2.31. The lowest BCUT2D eigenvalue weighted by atomic mass is 9.73. The van der Waals surface area contributed by atoms with Crippen molar-refractivity contribution in [2.45, 2.75) is 37.4 Å². The van der Waals surface area contributed by atoms with Gasteiger partial charge in [0.15, 0.2) is 0 Å². The van der Waals surface area contributed by atoms with Crippen LogP contribution < -0.4 is 5.32 Å². The molecule has 5 heteroatoms. The molecule has 134 valence electrons. The van der Waals surface area contributed by atoms with Crippen LogP contribution in [-0.4, -0.2) is 12.6 Å². The molecule has 1 saturated heterocycles. The molecule has 0 bridgehead atoms. The van der Waals surface area contributed by atoms with Crippen LogP contribution in [0.4, 0.5) is 13.2 Å². The number of alkyl halides is 3. The van der Waals surface area contributed by atoms with Crippen molar-refractivity contribution in [3.8, 4) is 0 Å². The second-order valence-electron chi connectivity index (χ2n) is 6.92. The Morgan fingerprint density at radius 2 is 1.80 bits per heavy atom. The van der Waals surface area contributed by atoms with Gasteiger partial charge in [-0.2, -0.15) is 13.2 Å². The Morgan fingerprint density at radius 1 is 1.04 bits per heavy atom. The minimum atomic E-state index is -4.25. The standard InChI is InChI=1S/C20H20F3N.ClH/c21-20(22,23)15-7-9-16-14(11-15)6-8-17-18(16)12-24-19(17)10-13-4-2-1-3-5-13;/h1-5,7,9,11,17-19,24H,6,8,10,12H2;1H. The average Bonchev–Trinajstić information content (AvgIpc) is 2.98. The molecule has 1 nitrogen and oxygen atoms in total. The molecule has 0 radical (unpaired) electrons. The van der Waals surface area contributed by atoms with E-state index in [0.717, 1.165) is 36.9 Å². The van der Waals surface area contributed by atoms with Crippen LogP contribution in [0.5, 0.6) is 0 Å². The zero-order chi connectivity index (χ0) is 16.7. The molecule has 1 heterocycles. The Morgan fingerprint density at radius 3 is 2.52 bits per heavy atom. The monoisotopic (exact) mass is 367 g/mol. The van der Waals surface area contributed by atoms with Gasteiger partial charge < -0.3 is 5.32 Å². The van der Waals surface area contributed by atoms with E-state index in [1.165, 1.54) is 17.7 Å². The van der Waals surface area contributed by atoms with Crippen LogP contribution in [0.3, 0.4) is 0 Å². The minimum absolute atomic E-state index is 0. The van der Waals surface area contributed by atoms with Gasteiger partial charge in [-0.05, 0) is 54.0 Å². The first kappa shape index (κ1) is 18.3. The van der Waals surface area contributed by atoms with E-state index in [4.69, 9.17) is 0 Å². The molecule has 3 unspecified atom stereocenters. The van der Waals surface area contributed by atoms with E-state index in [0.29, 0.717) is 17.9 Å². The van der Waals surface area contributed by atoms with Crippen LogP contribution in [0.2, 0.25) is 0 Å². The number of halogens is 4. The number of benzene rings is 2. The van der Waals surface area contributed by atoms with E-state index in [1.807, 2.05) is 6.07 Å². The van der Waals surface area contributed by atoms with Crippen LogP contribution in [0, 0.1) is 5.92 Å². The fourth-order valence-corrected chi connectivity index (χ4v) is 4.38. The molecule has 2 aliphatic rings. The SMILES string of the molecule is Cl.FC(F)(F)c1ccc2c(c1)CCC1C(Cc3ccccc3)NCC21. The summed E-state index contributed by atoms with van der Waals surface area (Å²) in [6.07, 6.45) is -1.56. The predicted octanol–water partition coefficient (Wildman–Crippen LogP) is 4.99. The number of rotatable bonds is 2. The fourth-order valence-electron chi connectivity index (χ4n) is 4.38. The Bertz CT molecular complexity index is 729. The Labute approximate surface area is 152 Å². The zero-order valence-electron chi connectivity index (χ0n) is 13.7. The molecule has 1 fully saturated rings. The van der Waals surface area contributed by atoms with Gasteiger partial charge in [0.25, 0.3) is 0 Å². The van der Waals surface area contributed by atoms with Gasteiger partial charge >= 0.3 is 6.18 Å². The number of hydrogen-bond donors (Lipinski definition) is 1. The summed E-state index contributed by atoms with van der Waals surface area (Å²) in [5.74, 6) is 0.846. The highest BCUT2D eigenvalue weighted by Crippen LogP contribution is 2.43. The Kier molecular flexibility index (Phi) is 5.12.